The molecule has 1 aromatic rings. The fourth-order valence-electron chi connectivity index (χ4n) is 1.06. The topological polar surface area (TPSA) is 61.5 Å². The Labute approximate surface area is 95.3 Å². The normalized spacial score (nSPS) is 11.0. The second-order valence-electron chi connectivity index (χ2n) is 4.15. The molecule has 4 heteroatoms. The molecular weight excluding hydrogens is 206 g/mol. The zero-order valence-corrected chi connectivity index (χ0v) is 9.82. The van der Waals surface area contributed by atoms with Crippen LogP contribution in [0.25, 0.3) is 0 Å². The highest BCUT2D eigenvalue weighted by Gasteiger charge is 2.23. The standard InChI is InChI=1S/C12H17NO3/c1-12(2,13)11(14)16-8-9-4-6-10(15-3)7-5-9/h4-7H,8,13H2,1-3H3. The van der Waals surface area contributed by atoms with Gasteiger partial charge in [-0.1, -0.05) is 12.1 Å². The van der Waals surface area contributed by atoms with E-state index in [0.717, 1.165) is 11.3 Å². The Morgan fingerprint density at radius 3 is 2.31 bits per heavy atom. The number of carbonyl (C=O) groups excluding carboxylic acids is 1. The molecule has 0 heterocycles. The summed E-state index contributed by atoms with van der Waals surface area (Å²) in [7, 11) is 1.60. The summed E-state index contributed by atoms with van der Waals surface area (Å²) in [4.78, 5) is 11.4. The number of methoxy groups -OCH3 is 1. The average Bonchev–Trinajstić information content (AvgIpc) is 2.25. The third-order valence-corrected chi connectivity index (χ3v) is 2.06. The van der Waals surface area contributed by atoms with E-state index in [1.54, 1.807) is 21.0 Å². The smallest absolute Gasteiger partial charge is 0.325 e. The van der Waals surface area contributed by atoms with E-state index in [1.807, 2.05) is 24.3 Å². The van der Waals surface area contributed by atoms with Crippen molar-refractivity contribution >= 4 is 5.97 Å². The van der Waals surface area contributed by atoms with E-state index in [0.29, 0.717) is 0 Å². The van der Waals surface area contributed by atoms with Gasteiger partial charge in [0.2, 0.25) is 0 Å². The summed E-state index contributed by atoms with van der Waals surface area (Å²) < 4.78 is 10.1. The number of nitrogens with two attached hydrogens (primary N) is 1. The second kappa shape index (κ2) is 4.99. The van der Waals surface area contributed by atoms with E-state index >= 15 is 0 Å². The van der Waals surface area contributed by atoms with Crippen LogP contribution in [0.4, 0.5) is 0 Å². The van der Waals surface area contributed by atoms with E-state index in [9.17, 15) is 4.79 Å². The van der Waals surface area contributed by atoms with Crippen LogP contribution in [-0.2, 0) is 16.1 Å². The van der Waals surface area contributed by atoms with Crippen LogP contribution < -0.4 is 10.5 Å². The van der Waals surface area contributed by atoms with Gasteiger partial charge in [-0.15, -0.1) is 0 Å². The summed E-state index contributed by atoms with van der Waals surface area (Å²) in [5, 5.41) is 0. The zero-order chi connectivity index (χ0) is 12.2. The molecule has 0 atom stereocenters. The molecule has 0 fully saturated rings. The number of ether oxygens (including phenoxy) is 2. The minimum absolute atomic E-state index is 0.226. The molecule has 1 aromatic carbocycles. The van der Waals surface area contributed by atoms with Gasteiger partial charge < -0.3 is 15.2 Å². The van der Waals surface area contributed by atoms with Crippen LogP contribution in [0.5, 0.6) is 5.75 Å². The van der Waals surface area contributed by atoms with Gasteiger partial charge in [0.1, 0.15) is 17.9 Å². The van der Waals surface area contributed by atoms with Gasteiger partial charge in [-0.25, -0.2) is 0 Å². The predicted octanol–water partition coefficient (Wildman–Crippen LogP) is 1.48. The van der Waals surface area contributed by atoms with Gasteiger partial charge in [-0.2, -0.15) is 0 Å². The van der Waals surface area contributed by atoms with Crippen molar-refractivity contribution in [2.24, 2.45) is 5.73 Å². The largest absolute Gasteiger partial charge is 0.497 e. The van der Waals surface area contributed by atoms with Crippen LogP contribution >= 0.6 is 0 Å². The minimum Gasteiger partial charge on any atom is -0.497 e. The molecule has 0 bridgehead atoms. The molecule has 0 aliphatic rings. The Kier molecular flexibility index (Phi) is 3.90. The summed E-state index contributed by atoms with van der Waals surface area (Å²) in [5.74, 6) is 0.359. The molecule has 0 radical (unpaired) electrons. The van der Waals surface area contributed by atoms with Crippen molar-refractivity contribution in [1.29, 1.82) is 0 Å². The Balaban J connectivity index is 2.52. The lowest BCUT2D eigenvalue weighted by atomic mass is 10.1. The molecule has 0 unspecified atom stereocenters. The maximum Gasteiger partial charge on any atom is 0.325 e. The average molecular weight is 223 g/mol. The highest BCUT2D eigenvalue weighted by atomic mass is 16.5. The van der Waals surface area contributed by atoms with Crippen LogP contribution in [0.15, 0.2) is 24.3 Å². The molecule has 0 amide bonds. The first-order chi connectivity index (χ1) is 7.43. The molecule has 88 valence electrons. The molecule has 0 spiro atoms. The predicted molar refractivity (Wildman–Crippen MR) is 61.1 cm³/mol. The number of hydrogen-bond donors (Lipinski definition) is 1. The van der Waals surface area contributed by atoms with Crippen LogP contribution in [0.1, 0.15) is 19.4 Å². The number of rotatable bonds is 4. The van der Waals surface area contributed by atoms with E-state index in [1.165, 1.54) is 0 Å². The van der Waals surface area contributed by atoms with Crippen molar-refractivity contribution in [3.8, 4) is 5.75 Å². The lowest BCUT2D eigenvalue weighted by Crippen LogP contribution is -2.42. The molecule has 4 nitrogen and oxygen atoms in total. The number of hydrogen-bond acceptors (Lipinski definition) is 4. The van der Waals surface area contributed by atoms with Crippen molar-refractivity contribution in [3.63, 3.8) is 0 Å². The fourth-order valence-corrected chi connectivity index (χ4v) is 1.06. The first-order valence-corrected chi connectivity index (χ1v) is 5.02. The third-order valence-electron chi connectivity index (χ3n) is 2.06. The first-order valence-electron chi connectivity index (χ1n) is 5.02. The number of carbonyl (C=O) groups is 1. The van der Waals surface area contributed by atoms with Crippen LogP contribution in [0, 0.1) is 0 Å². The summed E-state index contributed by atoms with van der Waals surface area (Å²) >= 11 is 0. The van der Waals surface area contributed by atoms with Crippen LogP contribution in [-0.4, -0.2) is 18.6 Å². The number of benzene rings is 1. The molecule has 2 N–H and O–H groups in total. The van der Waals surface area contributed by atoms with E-state index in [4.69, 9.17) is 15.2 Å². The fraction of sp³-hybridized carbons (Fsp3) is 0.417. The quantitative estimate of drug-likeness (QED) is 0.785. The molecule has 0 aromatic heterocycles. The first kappa shape index (κ1) is 12.5. The van der Waals surface area contributed by atoms with E-state index in [2.05, 4.69) is 0 Å². The highest BCUT2D eigenvalue weighted by molar-refractivity contribution is 5.79. The summed E-state index contributed by atoms with van der Waals surface area (Å²) in [6.45, 7) is 3.45. The Morgan fingerprint density at radius 1 is 1.31 bits per heavy atom. The highest BCUT2D eigenvalue weighted by Crippen LogP contribution is 2.12. The minimum atomic E-state index is -0.952. The van der Waals surface area contributed by atoms with Gasteiger partial charge in [-0.3, -0.25) is 4.79 Å². The molecule has 1 rings (SSSR count). The number of esters is 1. The van der Waals surface area contributed by atoms with Crippen molar-refractivity contribution in [1.82, 2.24) is 0 Å². The van der Waals surface area contributed by atoms with Gasteiger partial charge in [0.15, 0.2) is 0 Å². The Morgan fingerprint density at radius 2 is 1.88 bits per heavy atom. The van der Waals surface area contributed by atoms with Gasteiger partial charge >= 0.3 is 5.97 Å². The zero-order valence-electron chi connectivity index (χ0n) is 9.82. The summed E-state index contributed by atoms with van der Waals surface area (Å²) in [6, 6.07) is 7.32. The van der Waals surface area contributed by atoms with Crippen LogP contribution in [0.2, 0.25) is 0 Å². The van der Waals surface area contributed by atoms with Gasteiger partial charge in [0, 0.05) is 0 Å². The third kappa shape index (κ3) is 3.55. The second-order valence-corrected chi connectivity index (χ2v) is 4.15. The molecule has 0 saturated heterocycles. The molecule has 0 aliphatic carbocycles. The maximum absolute atomic E-state index is 11.4. The maximum atomic E-state index is 11.4. The van der Waals surface area contributed by atoms with Gasteiger partial charge in [-0.05, 0) is 31.5 Å². The molecular formula is C12H17NO3. The molecule has 0 aliphatic heterocycles. The Hall–Kier alpha value is -1.55. The van der Waals surface area contributed by atoms with Crippen molar-refractivity contribution in [3.05, 3.63) is 29.8 Å². The van der Waals surface area contributed by atoms with Gasteiger partial charge in [0.25, 0.3) is 0 Å². The van der Waals surface area contributed by atoms with E-state index < -0.39 is 11.5 Å². The van der Waals surface area contributed by atoms with E-state index in [-0.39, 0.29) is 6.61 Å². The SMILES string of the molecule is COc1ccc(COC(=O)C(C)(C)N)cc1. The van der Waals surface area contributed by atoms with Crippen molar-refractivity contribution in [2.75, 3.05) is 7.11 Å². The molecule has 16 heavy (non-hydrogen) atoms. The summed E-state index contributed by atoms with van der Waals surface area (Å²) in [5.41, 5.74) is 5.54. The van der Waals surface area contributed by atoms with Crippen LogP contribution in [0.3, 0.4) is 0 Å². The molecule has 0 saturated carbocycles. The lowest BCUT2D eigenvalue weighted by Gasteiger charge is -2.16. The lowest BCUT2D eigenvalue weighted by molar-refractivity contribution is -0.150. The van der Waals surface area contributed by atoms with Crippen molar-refractivity contribution in [2.45, 2.75) is 26.0 Å². The Bertz CT molecular complexity index is 352. The van der Waals surface area contributed by atoms with Crippen molar-refractivity contribution < 1.29 is 14.3 Å². The summed E-state index contributed by atoms with van der Waals surface area (Å²) in [6.07, 6.45) is 0. The van der Waals surface area contributed by atoms with Gasteiger partial charge in [0.05, 0.1) is 7.11 Å². The monoisotopic (exact) mass is 223 g/mol.